The normalized spacial score (nSPS) is 27.2. The molecule has 2 N–H and O–H groups in total. The number of aliphatic imine (C=N–C) groups is 1. The zero-order chi connectivity index (χ0) is 22.2. The second kappa shape index (κ2) is 8.36. The van der Waals surface area contributed by atoms with E-state index in [0.717, 1.165) is 18.6 Å². The molecule has 3 aliphatic rings. The summed E-state index contributed by atoms with van der Waals surface area (Å²) < 4.78 is 38.6. The van der Waals surface area contributed by atoms with E-state index in [0.29, 0.717) is 24.6 Å². The van der Waals surface area contributed by atoms with Crippen molar-refractivity contribution in [2.24, 2.45) is 28.7 Å². The molecule has 1 saturated heterocycles. The molecule has 1 saturated carbocycles. The number of allylic oxidation sites excluding steroid dienone is 2. The summed E-state index contributed by atoms with van der Waals surface area (Å²) >= 11 is 0. The molecule has 0 aromatic heterocycles. The number of rotatable bonds is 6. The Bertz CT molecular complexity index is 898. The highest BCUT2D eigenvalue weighted by Crippen LogP contribution is 2.52. The van der Waals surface area contributed by atoms with E-state index in [4.69, 9.17) is 0 Å². The zero-order valence-electron chi connectivity index (χ0n) is 17.2. The van der Waals surface area contributed by atoms with Gasteiger partial charge in [-0.2, -0.15) is 13.2 Å². The van der Waals surface area contributed by atoms with Gasteiger partial charge in [-0.1, -0.05) is 24.3 Å². The Kier molecular flexibility index (Phi) is 5.77. The monoisotopic (exact) mass is 434 g/mol. The first-order chi connectivity index (χ1) is 14.8. The van der Waals surface area contributed by atoms with Crippen LogP contribution in [0.25, 0.3) is 0 Å². The van der Waals surface area contributed by atoms with Crippen LogP contribution in [0.15, 0.2) is 41.4 Å². The van der Waals surface area contributed by atoms with Gasteiger partial charge in [0, 0.05) is 19.6 Å². The second-order valence-electron chi connectivity index (χ2n) is 8.15. The molecule has 6 nitrogen and oxygen atoms in total. The third kappa shape index (κ3) is 4.18. The van der Waals surface area contributed by atoms with Gasteiger partial charge in [0.15, 0.2) is 5.96 Å². The second-order valence-corrected chi connectivity index (χ2v) is 8.15. The standard InChI is InChI=1S/C22H25F3N4O2/c1-2-26-21(28-12-13-4-3-5-16(10-13)22(23,24)25)27-8-9-29-19(30)17-14-6-7-15(11-14)18(17)20(29)31/h3-7,10,14-15,17-18H,2,8-9,11-12H2,1H3,(H2,26,27,28). The van der Waals surface area contributed by atoms with E-state index in [1.807, 2.05) is 6.92 Å². The number of imide groups is 1. The van der Waals surface area contributed by atoms with Crippen LogP contribution in [-0.2, 0) is 22.3 Å². The van der Waals surface area contributed by atoms with Crippen molar-refractivity contribution >= 4 is 17.8 Å². The predicted molar refractivity (Wildman–Crippen MR) is 109 cm³/mol. The van der Waals surface area contributed by atoms with Crippen LogP contribution in [0.3, 0.4) is 0 Å². The number of carbonyl (C=O) groups is 2. The number of benzene rings is 1. The first kappa shape index (κ1) is 21.4. The van der Waals surface area contributed by atoms with Gasteiger partial charge in [0.25, 0.3) is 0 Å². The van der Waals surface area contributed by atoms with Crippen LogP contribution < -0.4 is 10.6 Å². The molecule has 0 radical (unpaired) electrons. The van der Waals surface area contributed by atoms with Crippen molar-refractivity contribution in [3.8, 4) is 0 Å². The number of guanidine groups is 1. The van der Waals surface area contributed by atoms with Gasteiger partial charge < -0.3 is 10.6 Å². The molecule has 166 valence electrons. The summed E-state index contributed by atoms with van der Waals surface area (Å²) in [5, 5.41) is 6.09. The molecule has 9 heteroatoms. The maximum atomic E-state index is 12.9. The number of nitrogens with one attached hydrogen (secondary N) is 2. The molecule has 1 aromatic rings. The third-order valence-corrected chi connectivity index (χ3v) is 6.21. The Labute approximate surface area is 178 Å². The summed E-state index contributed by atoms with van der Waals surface area (Å²) in [5.41, 5.74) is -0.272. The van der Waals surface area contributed by atoms with E-state index in [-0.39, 0.29) is 48.6 Å². The van der Waals surface area contributed by atoms with Crippen LogP contribution in [0.4, 0.5) is 13.2 Å². The molecule has 1 heterocycles. The summed E-state index contributed by atoms with van der Waals surface area (Å²) in [7, 11) is 0. The molecular formula is C22H25F3N4O2. The van der Waals surface area contributed by atoms with E-state index >= 15 is 0 Å². The molecule has 4 atom stereocenters. The number of alkyl halides is 3. The number of hydrogen-bond donors (Lipinski definition) is 2. The van der Waals surface area contributed by atoms with Gasteiger partial charge >= 0.3 is 6.18 Å². The fraction of sp³-hybridized carbons (Fsp3) is 0.500. The van der Waals surface area contributed by atoms with Crippen molar-refractivity contribution in [3.05, 3.63) is 47.5 Å². The van der Waals surface area contributed by atoms with E-state index in [2.05, 4.69) is 27.8 Å². The third-order valence-electron chi connectivity index (χ3n) is 6.21. The molecule has 0 spiro atoms. The Morgan fingerprint density at radius 1 is 1.13 bits per heavy atom. The number of fused-ring (bicyclic) bond motifs is 5. The molecule has 4 unspecified atom stereocenters. The van der Waals surface area contributed by atoms with Crippen LogP contribution in [0.1, 0.15) is 24.5 Å². The van der Waals surface area contributed by atoms with Crippen LogP contribution in [0, 0.1) is 23.7 Å². The Balaban J connectivity index is 1.34. The van der Waals surface area contributed by atoms with Gasteiger partial charge in [-0.3, -0.25) is 14.5 Å². The highest BCUT2D eigenvalue weighted by Gasteiger charge is 2.58. The summed E-state index contributed by atoms with van der Waals surface area (Å²) in [6.45, 7) is 3.06. The van der Waals surface area contributed by atoms with Gasteiger partial charge in [-0.05, 0) is 42.9 Å². The molecular weight excluding hydrogens is 409 g/mol. The van der Waals surface area contributed by atoms with Crippen molar-refractivity contribution in [2.75, 3.05) is 19.6 Å². The summed E-state index contributed by atoms with van der Waals surface area (Å²) in [4.78, 5) is 31.1. The maximum Gasteiger partial charge on any atom is 0.416 e. The highest BCUT2D eigenvalue weighted by molar-refractivity contribution is 6.06. The number of halogens is 3. The molecule has 1 aliphatic heterocycles. The van der Waals surface area contributed by atoms with Gasteiger partial charge in [-0.15, -0.1) is 0 Å². The first-order valence-corrected chi connectivity index (χ1v) is 10.5. The quantitative estimate of drug-likeness (QED) is 0.312. The van der Waals surface area contributed by atoms with Crippen molar-refractivity contribution < 1.29 is 22.8 Å². The maximum absolute atomic E-state index is 12.9. The fourth-order valence-corrected chi connectivity index (χ4v) is 4.83. The van der Waals surface area contributed by atoms with Gasteiger partial charge in [-0.25, -0.2) is 4.99 Å². The van der Waals surface area contributed by atoms with Gasteiger partial charge in [0.1, 0.15) is 0 Å². The fourth-order valence-electron chi connectivity index (χ4n) is 4.83. The molecule has 2 fully saturated rings. The first-order valence-electron chi connectivity index (χ1n) is 10.5. The van der Waals surface area contributed by atoms with E-state index in [1.165, 1.54) is 11.0 Å². The number of carbonyl (C=O) groups excluding carboxylic acids is 2. The number of amides is 2. The molecule has 4 rings (SSSR count). The number of likely N-dealkylation sites (tertiary alicyclic amines) is 1. The number of nitrogens with zero attached hydrogens (tertiary/aromatic N) is 2. The van der Waals surface area contributed by atoms with E-state index in [9.17, 15) is 22.8 Å². The van der Waals surface area contributed by atoms with Gasteiger partial charge in [0.05, 0.1) is 23.9 Å². The van der Waals surface area contributed by atoms with Crippen LogP contribution >= 0.6 is 0 Å². The van der Waals surface area contributed by atoms with Crippen molar-refractivity contribution in [1.82, 2.24) is 15.5 Å². The van der Waals surface area contributed by atoms with E-state index in [1.54, 1.807) is 6.07 Å². The van der Waals surface area contributed by atoms with Crippen LogP contribution in [0.5, 0.6) is 0 Å². The summed E-state index contributed by atoms with van der Waals surface area (Å²) in [6, 6.07) is 5.05. The average molecular weight is 434 g/mol. The molecule has 2 aliphatic carbocycles. The lowest BCUT2D eigenvalue weighted by Crippen LogP contribution is -2.43. The summed E-state index contributed by atoms with van der Waals surface area (Å²) in [5.74, 6) is 0.141. The summed E-state index contributed by atoms with van der Waals surface area (Å²) in [6.07, 6.45) is 0.612. The Hall–Kier alpha value is -2.84. The lowest BCUT2D eigenvalue weighted by molar-refractivity contribution is -0.140. The van der Waals surface area contributed by atoms with Gasteiger partial charge in [0.2, 0.25) is 11.8 Å². The van der Waals surface area contributed by atoms with Crippen molar-refractivity contribution in [1.29, 1.82) is 0 Å². The smallest absolute Gasteiger partial charge is 0.357 e. The van der Waals surface area contributed by atoms with Crippen LogP contribution in [0.2, 0.25) is 0 Å². The lowest BCUT2D eigenvalue weighted by Gasteiger charge is -2.18. The predicted octanol–water partition coefficient (Wildman–Crippen LogP) is 2.57. The average Bonchev–Trinajstić information content (AvgIpc) is 3.41. The minimum Gasteiger partial charge on any atom is -0.357 e. The molecule has 1 aromatic carbocycles. The zero-order valence-corrected chi connectivity index (χ0v) is 17.2. The highest BCUT2D eigenvalue weighted by atomic mass is 19.4. The molecule has 2 bridgehead atoms. The Morgan fingerprint density at radius 3 is 2.42 bits per heavy atom. The van der Waals surface area contributed by atoms with Crippen molar-refractivity contribution in [2.45, 2.75) is 26.1 Å². The minimum absolute atomic E-state index is 0.0695. The minimum atomic E-state index is -4.40. The van der Waals surface area contributed by atoms with E-state index < -0.39 is 11.7 Å². The SMILES string of the molecule is CCNC(=NCc1cccc(C(F)(F)F)c1)NCCN1C(=O)C2C3C=CC(C3)C2C1=O. The topological polar surface area (TPSA) is 73.8 Å². The molecule has 2 amide bonds. The number of hydrogen-bond acceptors (Lipinski definition) is 3. The Morgan fingerprint density at radius 2 is 1.81 bits per heavy atom. The van der Waals surface area contributed by atoms with Crippen LogP contribution in [-0.4, -0.2) is 42.3 Å². The largest absolute Gasteiger partial charge is 0.416 e. The molecule has 31 heavy (non-hydrogen) atoms. The van der Waals surface area contributed by atoms with Crippen molar-refractivity contribution in [3.63, 3.8) is 0 Å². The lowest BCUT2D eigenvalue weighted by atomic mass is 9.85.